The van der Waals surface area contributed by atoms with Crippen molar-refractivity contribution in [3.63, 3.8) is 0 Å². The third-order valence-electron chi connectivity index (χ3n) is 3.15. The van der Waals surface area contributed by atoms with Crippen LogP contribution in [0.2, 0.25) is 0 Å². The van der Waals surface area contributed by atoms with Crippen molar-refractivity contribution in [3.8, 4) is 0 Å². The summed E-state index contributed by atoms with van der Waals surface area (Å²) in [5.74, 6) is 1.30. The van der Waals surface area contributed by atoms with Crippen LogP contribution in [-0.4, -0.2) is 12.6 Å². The molecule has 1 saturated carbocycles. The summed E-state index contributed by atoms with van der Waals surface area (Å²) in [4.78, 5) is 11.3. The second kappa shape index (κ2) is 5.94. The first-order valence-electron chi connectivity index (χ1n) is 5.99. The monoisotopic (exact) mass is 210 g/mol. The largest absolute Gasteiger partial charge is 0.463 e. The number of hydrogen-bond donors (Lipinski definition) is 0. The first kappa shape index (κ1) is 12.3. The number of carbonyl (C=O) groups is 1. The molecule has 1 rings (SSSR count). The van der Waals surface area contributed by atoms with Gasteiger partial charge in [-0.25, -0.2) is 4.79 Å². The van der Waals surface area contributed by atoms with Gasteiger partial charge in [0.15, 0.2) is 0 Å². The van der Waals surface area contributed by atoms with Crippen LogP contribution in [0.3, 0.4) is 0 Å². The Morgan fingerprint density at radius 3 is 2.93 bits per heavy atom. The average Bonchev–Trinajstić information content (AvgIpc) is 2.18. The molecule has 86 valence electrons. The summed E-state index contributed by atoms with van der Waals surface area (Å²) in [7, 11) is 0. The van der Waals surface area contributed by atoms with E-state index in [0.717, 1.165) is 24.7 Å². The van der Waals surface area contributed by atoms with Crippen molar-refractivity contribution in [1.82, 2.24) is 0 Å². The first-order valence-corrected chi connectivity index (χ1v) is 5.99. The van der Waals surface area contributed by atoms with Gasteiger partial charge in [-0.15, -0.1) is 0 Å². The highest BCUT2D eigenvalue weighted by molar-refractivity contribution is 5.82. The summed E-state index contributed by atoms with van der Waals surface area (Å²) in [6, 6.07) is 0. The molecule has 0 aliphatic heterocycles. The molecule has 0 radical (unpaired) electrons. The fourth-order valence-electron chi connectivity index (χ4n) is 2.18. The quantitative estimate of drug-likeness (QED) is 0.527. The maximum Gasteiger partial charge on any atom is 0.330 e. The fourth-order valence-corrected chi connectivity index (χ4v) is 2.18. The maximum atomic E-state index is 11.3. The molecule has 0 aromatic rings. The molecule has 1 unspecified atom stereocenters. The minimum atomic E-state index is -0.170. The summed E-state index contributed by atoms with van der Waals surface area (Å²) >= 11 is 0. The van der Waals surface area contributed by atoms with Crippen molar-refractivity contribution in [2.24, 2.45) is 11.8 Å². The molecule has 0 amide bonds. The molecule has 1 aliphatic rings. The van der Waals surface area contributed by atoms with Crippen molar-refractivity contribution in [1.29, 1.82) is 0 Å². The van der Waals surface area contributed by atoms with E-state index in [0.29, 0.717) is 6.61 Å². The Bertz CT molecular complexity index is 241. The lowest BCUT2D eigenvalue weighted by Gasteiger charge is -2.27. The standard InChI is InChI=1S/C13H22O2/c1-4-15-13(14)9-11-6-5-7-12(8-11)10(2)3/h9-10,12H,4-8H2,1-3H3/b11-9-. The molecule has 0 aromatic carbocycles. The van der Waals surface area contributed by atoms with Crippen LogP contribution < -0.4 is 0 Å². The Labute approximate surface area is 92.7 Å². The zero-order valence-corrected chi connectivity index (χ0v) is 10.1. The van der Waals surface area contributed by atoms with Crippen molar-refractivity contribution < 1.29 is 9.53 Å². The smallest absolute Gasteiger partial charge is 0.330 e. The summed E-state index contributed by atoms with van der Waals surface area (Å²) in [5.41, 5.74) is 1.28. The van der Waals surface area contributed by atoms with E-state index in [-0.39, 0.29) is 5.97 Å². The van der Waals surface area contributed by atoms with Gasteiger partial charge in [0.2, 0.25) is 0 Å². The van der Waals surface area contributed by atoms with E-state index in [4.69, 9.17) is 4.74 Å². The van der Waals surface area contributed by atoms with Crippen molar-refractivity contribution >= 4 is 5.97 Å². The van der Waals surface area contributed by atoms with Gasteiger partial charge in [0.1, 0.15) is 0 Å². The number of ether oxygens (including phenoxy) is 1. The lowest BCUT2D eigenvalue weighted by atomic mass is 9.79. The summed E-state index contributed by atoms with van der Waals surface area (Å²) in [6.07, 6.45) is 6.38. The normalized spacial score (nSPS) is 24.5. The topological polar surface area (TPSA) is 26.3 Å². The molecule has 0 spiro atoms. The van der Waals surface area contributed by atoms with Gasteiger partial charge in [-0.05, 0) is 44.4 Å². The number of allylic oxidation sites excluding steroid dienone is 1. The van der Waals surface area contributed by atoms with Gasteiger partial charge >= 0.3 is 5.97 Å². The van der Waals surface area contributed by atoms with Crippen LogP contribution in [0.25, 0.3) is 0 Å². The van der Waals surface area contributed by atoms with E-state index >= 15 is 0 Å². The number of hydrogen-bond acceptors (Lipinski definition) is 2. The summed E-state index contributed by atoms with van der Waals surface area (Å²) in [5, 5.41) is 0. The number of esters is 1. The van der Waals surface area contributed by atoms with Crippen LogP contribution in [0.1, 0.15) is 46.5 Å². The lowest BCUT2D eigenvalue weighted by Crippen LogP contribution is -2.15. The maximum absolute atomic E-state index is 11.3. The predicted octanol–water partition coefficient (Wildman–Crippen LogP) is 3.32. The molecule has 2 nitrogen and oxygen atoms in total. The Morgan fingerprint density at radius 1 is 1.60 bits per heavy atom. The SMILES string of the molecule is CCOC(=O)/C=C1/CCCC(C(C)C)C1. The van der Waals surface area contributed by atoms with Crippen LogP contribution in [0.4, 0.5) is 0 Å². The highest BCUT2D eigenvalue weighted by Gasteiger charge is 2.20. The van der Waals surface area contributed by atoms with E-state index in [2.05, 4.69) is 13.8 Å². The van der Waals surface area contributed by atoms with Crippen LogP contribution >= 0.6 is 0 Å². The third kappa shape index (κ3) is 4.06. The minimum Gasteiger partial charge on any atom is -0.463 e. The van der Waals surface area contributed by atoms with Gasteiger partial charge in [-0.3, -0.25) is 0 Å². The molecule has 0 bridgehead atoms. The van der Waals surface area contributed by atoms with Crippen LogP contribution in [0, 0.1) is 11.8 Å². The third-order valence-corrected chi connectivity index (χ3v) is 3.15. The predicted molar refractivity (Wildman–Crippen MR) is 61.5 cm³/mol. The average molecular weight is 210 g/mol. The number of rotatable bonds is 3. The van der Waals surface area contributed by atoms with Crippen molar-refractivity contribution in [2.45, 2.75) is 46.5 Å². The molecule has 15 heavy (non-hydrogen) atoms. The van der Waals surface area contributed by atoms with Gasteiger partial charge < -0.3 is 4.74 Å². The van der Waals surface area contributed by atoms with E-state index in [1.165, 1.54) is 18.4 Å². The second-order valence-corrected chi connectivity index (χ2v) is 4.66. The Morgan fingerprint density at radius 2 is 2.33 bits per heavy atom. The summed E-state index contributed by atoms with van der Waals surface area (Å²) < 4.78 is 4.93. The van der Waals surface area contributed by atoms with Gasteiger partial charge in [0, 0.05) is 6.08 Å². The molecule has 0 N–H and O–H groups in total. The molecule has 0 heterocycles. The molecule has 0 saturated heterocycles. The van der Waals surface area contributed by atoms with Gasteiger partial charge in [0.05, 0.1) is 6.61 Å². The second-order valence-electron chi connectivity index (χ2n) is 4.66. The van der Waals surface area contributed by atoms with Gasteiger partial charge in [-0.1, -0.05) is 19.4 Å². The van der Waals surface area contributed by atoms with E-state index < -0.39 is 0 Å². The zero-order valence-electron chi connectivity index (χ0n) is 10.1. The molecule has 1 aliphatic carbocycles. The fraction of sp³-hybridized carbons (Fsp3) is 0.769. The zero-order chi connectivity index (χ0) is 11.3. The van der Waals surface area contributed by atoms with E-state index in [1.807, 2.05) is 6.92 Å². The molecule has 0 aromatic heterocycles. The lowest BCUT2D eigenvalue weighted by molar-refractivity contribution is -0.137. The van der Waals surface area contributed by atoms with Crippen molar-refractivity contribution in [2.75, 3.05) is 6.61 Å². The van der Waals surface area contributed by atoms with E-state index in [9.17, 15) is 4.79 Å². The highest BCUT2D eigenvalue weighted by atomic mass is 16.5. The molecular weight excluding hydrogens is 188 g/mol. The Kier molecular flexibility index (Phi) is 4.86. The van der Waals surface area contributed by atoms with Gasteiger partial charge in [-0.2, -0.15) is 0 Å². The molecule has 1 atom stereocenters. The van der Waals surface area contributed by atoms with Gasteiger partial charge in [0.25, 0.3) is 0 Å². The van der Waals surface area contributed by atoms with Crippen LogP contribution in [0.15, 0.2) is 11.6 Å². The minimum absolute atomic E-state index is 0.170. The molecule has 1 fully saturated rings. The van der Waals surface area contributed by atoms with E-state index in [1.54, 1.807) is 6.08 Å². The van der Waals surface area contributed by atoms with Crippen LogP contribution in [-0.2, 0) is 9.53 Å². The molecule has 2 heteroatoms. The number of carbonyl (C=O) groups excluding carboxylic acids is 1. The van der Waals surface area contributed by atoms with Crippen LogP contribution in [0.5, 0.6) is 0 Å². The Hall–Kier alpha value is -0.790. The Balaban J connectivity index is 2.51. The summed E-state index contributed by atoms with van der Waals surface area (Å²) in [6.45, 7) is 6.83. The molecular formula is C13H22O2. The van der Waals surface area contributed by atoms with Crippen molar-refractivity contribution in [3.05, 3.63) is 11.6 Å². The first-order chi connectivity index (χ1) is 7.13. The highest BCUT2D eigenvalue weighted by Crippen LogP contribution is 2.33.